The van der Waals surface area contributed by atoms with Crippen LogP contribution in [0.4, 0.5) is 5.69 Å². The third kappa shape index (κ3) is 4.62. The van der Waals surface area contributed by atoms with Crippen LogP contribution < -0.4 is 5.73 Å². The Morgan fingerprint density at radius 1 is 1.53 bits per heavy atom. The van der Waals surface area contributed by atoms with Gasteiger partial charge in [-0.25, -0.2) is 0 Å². The van der Waals surface area contributed by atoms with Crippen LogP contribution in [-0.4, -0.2) is 20.9 Å². The monoisotopic (exact) mass is 256 g/mol. The number of hydrogen-bond donors (Lipinski definition) is 1. The fourth-order valence-corrected chi connectivity index (χ4v) is 2.74. The van der Waals surface area contributed by atoms with Gasteiger partial charge in [0.1, 0.15) is 0 Å². The van der Waals surface area contributed by atoms with Crippen molar-refractivity contribution in [3.63, 3.8) is 0 Å². The van der Waals surface area contributed by atoms with Crippen molar-refractivity contribution < 1.29 is 9.13 Å². The van der Waals surface area contributed by atoms with Crippen LogP contribution in [0.1, 0.15) is 18.9 Å². The minimum absolute atomic E-state index is 0.0271. The lowest BCUT2D eigenvalue weighted by molar-refractivity contribution is -0.384. The van der Waals surface area contributed by atoms with E-state index in [1.54, 1.807) is 12.1 Å². The smallest absolute Gasteiger partial charge is 0.269 e. The van der Waals surface area contributed by atoms with Gasteiger partial charge in [0.15, 0.2) is 0 Å². The number of non-ortho nitro benzene ring substituents is 1. The quantitative estimate of drug-likeness (QED) is 0.618. The van der Waals surface area contributed by atoms with E-state index in [1.807, 2.05) is 6.92 Å². The van der Waals surface area contributed by atoms with Gasteiger partial charge in [-0.2, -0.15) is 0 Å². The first kappa shape index (κ1) is 13.8. The highest BCUT2D eigenvalue weighted by Gasteiger charge is 2.10. The zero-order valence-electron chi connectivity index (χ0n) is 9.67. The third-order valence-corrected chi connectivity index (χ3v) is 3.83. The summed E-state index contributed by atoms with van der Waals surface area (Å²) in [7, 11) is -1.07. The molecule has 1 rings (SSSR count). The average molecular weight is 256 g/mol. The van der Waals surface area contributed by atoms with Gasteiger partial charge in [-0.1, -0.05) is 19.1 Å². The third-order valence-electron chi connectivity index (χ3n) is 2.37. The number of nitro groups is 1. The molecule has 0 heterocycles. The van der Waals surface area contributed by atoms with E-state index in [9.17, 15) is 14.3 Å². The van der Waals surface area contributed by atoms with Crippen LogP contribution in [0.15, 0.2) is 24.3 Å². The summed E-state index contributed by atoms with van der Waals surface area (Å²) in [5.41, 5.74) is 6.44. The molecule has 0 radical (unpaired) electrons. The first-order valence-corrected chi connectivity index (χ1v) is 6.85. The zero-order chi connectivity index (χ0) is 12.8. The topological polar surface area (TPSA) is 86.2 Å². The Hall–Kier alpha value is -1.27. The van der Waals surface area contributed by atoms with Crippen molar-refractivity contribution in [2.45, 2.75) is 25.1 Å². The molecule has 94 valence electrons. The highest BCUT2D eigenvalue weighted by atomic mass is 32.2. The fraction of sp³-hybridized carbons (Fsp3) is 0.455. The van der Waals surface area contributed by atoms with E-state index in [4.69, 9.17) is 5.73 Å². The number of nitrogens with two attached hydrogens (primary N) is 1. The Labute approximate surface area is 103 Å². The minimum atomic E-state index is -1.07. The summed E-state index contributed by atoms with van der Waals surface area (Å²) in [6, 6.07) is 6.14. The summed E-state index contributed by atoms with van der Waals surface area (Å²) in [6.07, 6.45) is 0.778. The van der Waals surface area contributed by atoms with Crippen molar-refractivity contribution in [2.75, 3.05) is 5.75 Å². The summed E-state index contributed by atoms with van der Waals surface area (Å²) in [4.78, 5) is 10.1. The van der Waals surface area contributed by atoms with Gasteiger partial charge in [0.25, 0.3) is 5.69 Å². The van der Waals surface area contributed by atoms with Gasteiger partial charge < -0.3 is 5.73 Å². The lowest BCUT2D eigenvalue weighted by atomic mass is 10.2. The summed E-state index contributed by atoms with van der Waals surface area (Å²) in [5.74, 6) is 0.745. The van der Waals surface area contributed by atoms with Crippen LogP contribution in [0.25, 0.3) is 0 Å². The molecule has 2 N–H and O–H groups in total. The SMILES string of the molecule is CCC(N)CS(=O)Cc1cccc([N+](=O)[O-])c1. The molecular weight excluding hydrogens is 240 g/mol. The Bertz CT molecular complexity index is 423. The largest absolute Gasteiger partial charge is 0.327 e. The first-order chi connectivity index (χ1) is 8.02. The number of rotatable bonds is 6. The molecular formula is C11H16N2O3S. The van der Waals surface area contributed by atoms with Gasteiger partial charge in [-0.15, -0.1) is 0 Å². The van der Waals surface area contributed by atoms with Crippen LogP contribution >= 0.6 is 0 Å². The highest BCUT2D eigenvalue weighted by molar-refractivity contribution is 7.84. The number of nitrogens with zero attached hydrogens (tertiary/aromatic N) is 1. The Kier molecular flexibility index (Phi) is 5.24. The van der Waals surface area contributed by atoms with Gasteiger partial charge in [0.2, 0.25) is 0 Å². The maximum absolute atomic E-state index is 11.7. The van der Waals surface area contributed by atoms with Crippen molar-refractivity contribution >= 4 is 16.5 Å². The molecule has 2 unspecified atom stereocenters. The maximum atomic E-state index is 11.7. The van der Waals surface area contributed by atoms with Crippen molar-refractivity contribution in [1.29, 1.82) is 0 Å². The number of nitro benzene ring substituents is 1. The second kappa shape index (κ2) is 6.46. The molecule has 1 aromatic rings. The second-order valence-corrected chi connectivity index (χ2v) is 5.35. The van der Waals surface area contributed by atoms with E-state index in [0.29, 0.717) is 17.1 Å². The van der Waals surface area contributed by atoms with Crippen LogP contribution in [0.3, 0.4) is 0 Å². The summed E-state index contributed by atoms with van der Waals surface area (Å²) in [6.45, 7) is 1.94. The fourth-order valence-electron chi connectivity index (χ4n) is 1.36. The molecule has 0 aliphatic carbocycles. The molecule has 0 saturated heterocycles. The highest BCUT2D eigenvalue weighted by Crippen LogP contribution is 2.14. The van der Waals surface area contributed by atoms with E-state index >= 15 is 0 Å². The number of benzene rings is 1. The molecule has 2 atom stereocenters. The van der Waals surface area contributed by atoms with E-state index in [1.165, 1.54) is 12.1 Å². The molecule has 0 bridgehead atoms. The van der Waals surface area contributed by atoms with Gasteiger partial charge in [-0.3, -0.25) is 14.3 Å². The normalized spacial score (nSPS) is 14.2. The lowest BCUT2D eigenvalue weighted by Crippen LogP contribution is -2.26. The zero-order valence-corrected chi connectivity index (χ0v) is 10.5. The molecule has 0 spiro atoms. The molecule has 0 aromatic heterocycles. The van der Waals surface area contributed by atoms with Crippen molar-refractivity contribution in [3.8, 4) is 0 Å². The van der Waals surface area contributed by atoms with Crippen LogP contribution in [0.5, 0.6) is 0 Å². The molecule has 1 aromatic carbocycles. The van der Waals surface area contributed by atoms with E-state index in [-0.39, 0.29) is 11.7 Å². The molecule has 0 saturated carbocycles. The van der Waals surface area contributed by atoms with Gasteiger partial charge in [-0.05, 0) is 12.0 Å². The van der Waals surface area contributed by atoms with E-state index in [2.05, 4.69) is 0 Å². The molecule has 0 amide bonds. The standard InChI is InChI=1S/C11H16N2O3S/c1-2-10(12)8-17(16)7-9-4-3-5-11(6-9)13(14)15/h3-6,10H,2,7-8,12H2,1H3. The molecule has 0 aliphatic heterocycles. The lowest BCUT2D eigenvalue weighted by Gasteiger charge is -2.08. The van der Waals surface area contributed by atoms with Crippen molar-refractivity contribution in [2.24, 2.45) is 5.73 Å². The van der Waals surface area contributed by atoms with Gasteiger partial charge in [0.05, 0.1) is 4.92 Å². The molecule has 0 fully saturated rings. The molecule has 0 aliphatic rings. The summed E-state index contributed by atoms with van der Waals surface area (Å²) >= 11 is 0. The number of hydrogen-bond acceptors (Lipinski definition) is 4. The molecule has 6 heteroatoms. The second-order valence-electron chi connectivity index (χ2n) is 3.85. The van der Waals surface area contributed by atoms with Crippen molar-refractivity contribution in [3.05, 3.63) is 39.9 Å². The minimum Gasteiger partial charge on any atom is -0.327 e. The van der Waals surface area contributed by atoms with Gasteiger partial charge >= 0.3 is 0 Å². The first-order valence-electron chi connectivity index (χ1n) is 5.36. The average Bonchev–Trinajstić information content (AvgIpc) is 2.28. The van der Waals surface area contributed by atoms with E-state index < -0.39 is 15.7 Å². The summed E-state index contributed by atoms with van der Waals surface area (Å²) in [5, 5.41) is 10.6. The maximum Gasteiger partial charge on any atom is 0.269 e. The van der Waals surface area contributed by atoms with Crippen LogP contribution in [0.2, 0.25) is 0 Å². The Morgan fingerprint density at radius 3 is 2.82 bits per heavy atom. The summed E-state index contributed by atoms with van der Waals surface area (Å²) < 4.78 is 11.7. The molecule has 5 nitrogen and oxygen atoms in total. The predicted molar refractivity (Wildman–Crippen MR) is 68.1 cm³/mol. The van der Waals surface area contributed by atoms with Crippen LogP contribution in [0, 0.1) is 10.1 Å². The van der Waals surface area contributed by atoms with Crippen LogP contribution in [-0.2, 0) is 16.6 Å². The predicted octanol–water partition coefficient (Wildman–Crippen LogP) is 1.58. The Morgan fingerprint density at radius 2 is 2.24 bits per heavy atom. The van der Waals surface area contributed by atoms with Gasteiger partial charge in [0, 0.05) is 40.5 Å². The molecule has 17 heavy (non-hydrogen) atoms. The van der Waals surface area contributed by atoms with E-state index in [0.717, 1.165) is 6.42 Å². The Balaban J connectivity index is 2.65. The van der Waals surface area contributed by atoms with Crippen molar-refractivity contribution in [1.82, 2.24) is 0 Å².